The third-order valence-corrected chi connectivity index (χ3v) is 10.6. The Kier molecular flexibility index (Phi) is 4.84. The van der Waals surface area contributed by atoms with E-state index < -0.39 is 6.10 Å². The molecule has 0 saturated heterocycles. The van der Waals surface area contributed by atoms with Gasteiger partial charge in [-0.15, -0.1) is 0 Å². The topological polar surface area (TPSA) is 54.0 Å². The summed E-state index contributed by atoms with van der Waals surface area (Å²) in [5.41, 5.74) is 3.98. The number of nitrogens with zero attached hydrogens (tertiary/aromatic N) is 1. The Labute approximate surface area is 210 Å². The summed E-state index contributed by atoms with van der Waals surface area (Å²) in [5.74, 6) is 2.65. The summed E-state index contributed by atoms with van der Waals surface area (Å²) in [5, 5.41) is 14.5. The lowest BCUT2D eigenvalue weighted by Crippen LogP contribution is -2.64. The Morgan fingerprint density at radius 2 is 1.94 bits per heavy atom. The van der Waals surface area contributed by atoms with Crippen molar-refractivity contribution in [3.05, 3.63) is 35.4 Å². The van der Waals surface area contributed by atoms with Crippen LogP contribution in [0.3, 0.4) is 0 Å². The smallest absolute Gasteiger partial charge is 0.166 e. The number of hydrogen-bond donors (Lipinski definition) is 2. The predicted octanol–water partition coefficient (Wildman–Crippen LogP) is 4.56. The van der Waals surface area contributed by atoms with Crippen molar-refractivity contribution in [2.75, 3.05) is 26.7 Å². The van der Waals surface area contributed by atoms with Crippen LogP contribution < -0.4 is 14.8 Å². The monoisotopic (exact) mass is 478 g/mol. The number of rotatable bonds is 5. The summed E-state index contributed by atoms with van der Waals surface area (Å²) in [7, 11) is 1.72. The maximum Gasteiger partial charge on any atom is 0.166 e. The van der Waals surface area contributed by atoms with Crippen LogP contribution in [0.5, 0.6) is 11.5 Å². The van der Waals surface area contributed by atoms with Crippen LogP contribution in [0.25, 0.3) is 0 Å². The van der Waals surface area contributed by atoms with Crippen LogP contribution in [0.1, 0.15) is 76.3 Å². The van der Waals surface area contributed by atoms with Crippen molar-refractivity contribution < 1.29 is 14.6 Å². The lowest BCUT2D eigenvalue weighted by molar-refractivity contribution is -0.118. The zero-order valence-corrected chi connectivity index (χ0v) is 21.7. The molecule has 0 radical (unpaired) electrons. The van der Waals surface area contributed by atoms with E-state index in [1.807, 2.05) is 6.08 Å². The molecule has 2 aliphatic heterocycles. The second kappa shape index (κ2) is 7.49. The maximum absolute atomic E-state index is 10.3. The predicted molar refractivity (Wildman–Crippen MR) is 137 cm³/mol. The fourth-order valence-electron chi connectivity index (χ4n) is 10.3. The lowest BCUT2D eigenvalue weighted by Gasteiger charge is -2.65. The van der Waals surface area contributed by atoms with Gasteiger partial charge in [0, 0.05) is 37.2 Å². The van der Waals surface area contributed by atoms with E-state index in [9.17, 15) is 5.11 Å². The normalized spacial score (nSPS) is 45.1. The molecule has 190 valence electrons. The van der Waals surface area contributed by atoms with Crippen LogP contribution in [0.2, 0.25) is 0 Å². The molecular weight excluding hydrogens is 436 g/mol. The van der Waals surface area contributed by atoms with Crippen LogP contribution >= 0.6 is 0 Å². The molecule has 5 nitrogen and oxygen atoms in total. The van der Waals surface area contributed by atoms with Crippen LogP contribution in [0, 0.1) is 16.7 Å². The Bertz CT molecular complexity index is 1050. The first kappa shape index (κ1) is 22.6. The molecule has 7 aliphatic rings. The van der Waals surface area contributed by atoms with Gasteiger partial charge in [0.05, 0.1) is 18.6 Å². The molecule has 4 saturated carbocycles. The highest BCUT2D eigenvalue weighted by Crippen LogP contribution is 2.66. The van der Waals surface area contributed by atoms with Gasteiger partial charge in [0.1, 0.15) is 6.10 Å². The van der Waals surface area contributed by atoms with Crippen LogP contribution in [-0.4, -0.2) is 54.5 Å². The third-order valence-electron chi connectivity index (χ3n) is 10.6. The van der Waals surface area contributed by atoms with E-state index in [4.69, 9.17) is 9.47 Å². The zero-order chi connectivity index (χ0) is 24.1. The minimum atomic E-state index is -0.429. The first-order valence-corrected chi connectivity index (χ1v) is 13.9. The summed E-state index contributed by atoms with van der Waals surface area (Å²) >= 11 is 0. The molecule has 8 rings (SSSR count). The van der Waals surface area contributed by atoms with Gasteiger partial charge in [0.2, 0.25) is 0 Å². The van der Waals surface area contributed by atoms with Gasteiger partial charge in [-0.2, -0.15) is 0 Å². The highest BCUT2D eigenvalue weighted by atomic mass is 16.5. The van der Waals surface area contributed by atoms with Crippen LogP contribution in [0.4, 0.5) is 0 Å². The minimum Gasteiger partial charge on any atom is -0.493 e. The molecule has 2 N–H and O–H groups in total. The molecule has 4 fully saturated rings. The number of aliphatic hydroxyl groups is 1. The molecule has 5 heteroatoms. The van der Waals surface area contributed by atoms with Gasteiger partial charge < -0.3 is 19.9 Å². The summed E-state index contributed by atoms with van der Waals surface area (Å²) in [4.78, 5) is 2.64. The van der Waals surface area contributed by atoms with E-state index in [0.29, 0.717) is 22.8 Å². The quantitative estimate of drug-likeness (QED) is 0.608. The first-order valence-electron chi connectivity index (χ1n) is 13.9. The molecular formula is C30H42N2O3. The molecule has 2 heterocycles. The average Bonchev–Trinajstić information content (AvgIpc) is 3.00. The maximum atomic E-state index is 10.3. The van der Waals surface area contributed by atoms with Gasteiger partial charge in [-0.05, 0) is 79.9 Å². The largest absolute Gasteiger partial charge is 0.493 e. The van der Waals surface area contributed by atoms with E-state index >= 15 is 0 Å². The van der Waals surface area contributed by atoms with Crippen LogP contribution in [-0.2, 0) is 12.0 Å². The number of benzene rings is 1. The molecule has 1 spiro atoms. The van der Waals surface area contributed by atoms with E-state index in [0.717, 1.165) is 50.0 Å². The van der Waals surface area contributed by atoms with Crippen molar-refractivity contribution in [2.24, 2.45) is 16.7 Å². The number of methoxy groups -OCH3 is 1. The van der Waals surface area contributed by atoms with Gasteiger partial charge >= 0.3 is 0 Å². The van der Waals surface area contributed by atoms with Gasteiger partial charge in [-0.3, -0.25) is 4.90 Å². The van der Waals surface area contributed by atoms with E-state index in [-0.39, 0.29) is 11.5 Å². The number of hydrogen-bond acceptors (Lipinski definition) is 5. The van der Waals surface area contributed by atoms with E-state index in [1.54, 1.807) is 7.11 Å². The minimum absolute atomic E-state index is 0.0147. The van der Waals surface area contributed by atoms with E-state index in [1.165, 1.54) is 49.7 Å². The standard InChI is InChI=1S/C30H42N2O3/c1-27-13-20-14-28(2,17-27)19-29(15-20,18-27)31-9-11-32-10-8-30-7-6-22(33)12-24(30)35-26-23(34-3)5-4-21(16-32)25(26)30/h4-7,20,22,24,31,33H,8-19H2,1-3H3/t20?,22-,24-,27?,28?,29?,30-/m0/s1. The Morgan fingerprint density at radius 3 is 2.69 bits per heavy atom. The molecule has 0 amide bonds. The molecule has 4 bridgehead atoms. The fraction of sp³-hybridized carbons (Fsp3) is 0.733. The highest BCUT2D eigenvalue weighted by Gasteiger charge is 2.60. The summed E-state index contributed by atoms with van der Waals surface area (Å²) in [6.07, 6.45) is 13.9. The number of ether oxygens (including phenoxy) is 2. The van der Waals surface area contributed by atoms with Crippen molar-refractivity contribution in [1.29, 1.82) is 0 Å². The van der Waals surface area contributed by atoms with Crippen molar-refractivity contribution in [3.63, 3.8) is 0 Å². The van der Waals surface area contributed by atoms with Gasteiger partial charge in [-0.1, -0.05) is 32.1 Å². The van der Waals surface area contributed by atoms with Crippen molar-refractivity contribution in [1.82, 2.24) is 10.2 Å². The molecule has 2 unspecified atom stereocenters. The van der Waals surface area contributed by atoms with Gasteiger partial charge in [0.25, 0.3) is 0 Å². The molecule has 1 aromatic carbocycles. The summed E-state index contributed by atoms with van der Waals surface area (Å²) in [6, 6.07) is 4.31. The van der Waals surface area contributed by atoms with E-state index in [2.05, 4.69) is 42.3 Å². The number of aliphatic hydroxyl groups excluding tert-OH is 1. The molecule has 5 atom stereocenters. The summed E-state index contributed by atoms with van der Waals surface area (Å²) in [6.45, 7) is 9.27. The summed E-state index contributed by atoms with van der Waals surface area (Å²) < 4.78 is 12.2. The van der Waals surface area contributed by atoms with Crippen molar-refractivity contribution >= 4 is 0 Å². The van der Waals surface area contributed by atoms with Gasteiger partial charge in [-0.25, -0.2) is 0 Å². The highest BCUT2D eigenvalue weighted by molar-refractivity contribution is 5.61. The SMILES string of the molecule is COc1ccc2c3c1O[C@H]1C[C@@H](O)C=C[C@@]31CCN(CCNC13CC4CC(C)(CC(C)(C4)C1)C3)C2. The van der Waals surface area contributed by atoms with Crippen LogP contribution in [0.15, 0.2) is 24.3 Å². The molecule has 1 aromatic rings. The molecule has 5 aliphatic carbocycles. The third kappa shape index (κ3) is 3.44. The Balaban J connectivity index is 1.10. The lowest BCUT2D eigenvalue weighted by atomic mass is 9.43. The Hall–Kier alpha value is -1.56. The van der Waals surface area contributed by atoms with Crippen molar-refractivity contribution in [2.45, 2.75) is 94.9 Å². The average molecular weight is 479 g/mol. The Morgan fingerprint density at radius 1 is 1.14 bits per heavy atom. The zero-order valence-electron chi connectivity index (χ0n) is 21.7. The molecule has 35 heavy (non-hydrogen) atoms. The fourth-order valence-corrected chi connectivity index (χ4v) is 10.3. The van der Waals surface area contributed by atoms with Crippen molar-refractivity contribution in [3.8, 4) is 11.5 Å². The second-order valence-electron chi connectivity index (χ2n) is 13.8. The van der Waals surface area contributed by atoms with Gasteiger partial charge in [0.15, 0.2) is 11.5 Å². The molecule has 0 aromatic heterocycles. The number of nitrogens with one attached hydrogen (secondary N) is 1. The first-order chi connectivity index (χ1) is 16.7. The second-order valence-corrected chi connectivity index (χ2v) is 13.8.